The fraction of sp³-hybridized carbons (Fsp3) is 0.385. The van der Waals surface area contributed by atoms with Crippen molar-refractivity contribution in [2.75, 3.05) is 13.2 Å². The Morgan fingerprint density at radius 3 is 2.24 bits per heavy atom. The van der Waals surface area contributed by atoms with Crippen LogP contribution in [-0.4, -0.2) is 47.7 Å². The Bertz CT molecular complexity index is 1060. The maximum absolute atomic E-state index is 12.5. The van der Waals surface area contributed by atoms with Crippen LogP contribution in [0.2, 0.25) is 0 Å². The first kappa shape index (κ1) is 24.1. The Hall–Kier alpha value is -3.00. The fourth-order valence-electron chi connectivity index (χ4n) is 4.43. The summed E-state index contributed by atoms with van der Waals surface area (Å²) in [5, 5.41) is 0. The standard InChI is InChI=1S/C26H26BrNO6/c27-20-10-6-18(7-11-20)26(32)34-22-12-8-17(9-13-22)23(29)16-33-25(31)19-14-24(30)28(15-19)21-4-2-1-3-5-21/h6-13,19,21H,1-5,14-16H2. The van der Waals surface area contributed by atoms with Crippen molar-refractivity contribution in [3.05, 3.63) is 64.1 Å². The van der Waals surface area contributed by atoms with Gasteiger partial charge < -0.3 is 14.4 Å². The first-order chi connectivity index (χ1) is 16.4. The number of hydrogen-bond donors (Lipinski definition) is 0. The lowest BCUT2D eigenvalue weighted by atomic mass is 9.94. The maximum Gasteiger partial charge on any atom is 0.343 e. The lowest BCUT2D eigenvalue weighted by Crippen LogP contribution is -2.38. The lowest BCUT2D eigenvalue weighted by molar-refractivity contribution is -0.147. The monoisotopic (exact) mass is 527 g/mol. The summed E-state index contributed by atoms with van der Waals surface area (Å²) in [6, 6.07) is 13.1. The smallest absolute Gasteiger partial charge is 0.343 e. The number of hydrogen-bond acceptors (Lipinski definition) is 6. The van der Waals surface area contributed by atoms with E-state index in [2.05, 4.69) is 15.9 Å². The van der Waals surface area contributed by atoms with Crippen molar-refractivity contribution < 1.29 is 28.7 Å². The topological polar surface area (TPSA) is 90.0 Å². The van der Waals surface area contributed by atoms with E-state index in [1.165, 1.54) is 30.7 Å². The van der Waals surface area contributed by atoms with Crippen LogP contribution in [0, 0.1) is 5.92 Å². The number of carbonyl (C=O) groups excluding carboxylic acids is 4. The number of ether oxygens (including phenoxy) is 2. The summed E-state index contributed by atoms with van der Waals surface area (Å²) in [6.07, 6.45) is 5.53. The Kier molecular flexibility index (Phi) is 7.77. The van der Waals surface area contributed by atoms with Crippen LogP contribution < -0.4 is 4.74 Å². The van der Waals surface area contributed by atoms with Gasteiger partial charge in [-0.1, -0.05) is 35.2 Å². The minimum absolute atomic E-state index is 0.00607. The second-order valence-electron chi connectivity index (χ2n) is 8.69. The number of halogens is 1. The quantitative estimate of drug-likeness (QED) is 0.297. The maximum atomic E-state index is 12.5. The summed E-state index contributed by atoms with van der Waals surface area (Å²) in [4.78, 5) is 51.3. The average Bonchev–Trinajstić information content (AvgIpc) is 3.25. The zero-order chi connectivity index (χ0) is 24.1. The molecule has 1 amide bonds. The van der Waals surface area contributed by atoms with Gasteiger partial charge >= 0.3 is 11.9 Å². The van der Waals surface area contributed by atoms with Crippen molar-refractivity contribution in [2.45, 2.75) is 44.6 Å². The molecule has 2 fully saturated rings. The van der Waals surface area contributed by atoms with Gasteiger partial charge in [0.1, 0.15) is 5.75 Å². The zero-order valence-electron chi connectivity index (χ0n) is 18.7. The number of benzene rings is 2. The summed E-state index contributed by atoms with van der Waals surface area (Å²) in [5.41, 5.74) is 0.741. The van der Waals surface area contributed by atoms with Crippen molar-refractivity contribution in [3.8, 4) is 5.75 Å². The largest absolute Gasteiger partial charge is 0.457 e. The molecule has 0 spiro atoms. The van der Waals surface area contributed by atoms with Gasteiger partial charge in [0, 0.05) is 29.0 Å². The third-order valence-corrected chi connectivity index (χ3v) is 6.85. The van der Waals surface area contributed by atoms with E-state index in [0.717, 1.165) is 30.2 Å². The summed E-state index contributed by atoms with van der Waals surface area (Å²) in [6.45, 7) is -0.0278. The SMILES string of the molecule is O=C(COC(=O)C1CC(=O)N(C2CCCCC2)C1)c1ccc(OC(=O)c2ccc(Br)cc2)cc1. The Morgan fingerprint density at radius 1 is 0.912 bits per heavy atom. The van der Waals surface area contributed by atoms with E-state index in [0.29, 0.717) is 23.4 Å². The van der Waals surface area contributed by atoms with E-state index < -0.39 is 24.5 Å². The highest BCUT2D eigenvalue weighted by molar-refractivity contribution is 9.10. The summed E-state index contributed by atoms with van der Waals surface area (Å²) in [5.74, 6) is -1.62. The molecule has 34 heavy (non-hydrogen) atoms. The van der Waals surface area contributed by atoms with Crippen molar-refractivity contribution in [1.82, 2.24) is 4.90 Å². The molecule has 1 aliphatic heterocycles. The van der Waals surface area contributed by atoms with Crippen LogP contribution in [0.25, 0.3) is 0 Å². The number of nitrogens with zero attached hydrogens (tertiary/aromatic N) is 1. The van der Waals surface area contributed by atoms with E-state index >= 15 is 0 Å². The number of ketones is 1. The Labute approximate surface area is 206 Å². The molecule has 0 N–H and O–H groups in total. The van der Waals surface area contributed by atoms with Crippen molar-refractivity contribution >= 4 is 39.6 Å². The first-order valence-electron chi connectivity index (χ1n) is 11.5. The highest BCUT2D eigenvalue weighted by atomic mass is 79.9. The Balaban J connectivity index is 1.26. The van der Waals surface area contributed by atoms with Crippen molar-refractivity contribution in [1.29, 1.82) is 0 Å². The van der Waals surface area contributed by atoms with Gasteiger partial charge in [0.2, 0.25) is 5.91 Å². The second kappa shape index (κ2) is 11.0. The predicted octanol–water partition coefficient (Wildman–Crippen LogP) is 4.58. The van der Waals surface area contributed by atoms with Crippen LogP contribution >= 0.6 is 15.9 Å². The summed E-state index contributed by atoms with van der Waals surface area (Å²) < 4.78 is 11.4. The van der Waals surface area contributed by atoms with Gasteiger partial charge in [-0.15, -0.1) is 0 Å². The molecule has 1 saturated carbocycles. The molecule has 0 aromatic heterocycles. The highest BCUT2D eigenvalue weighted by Crippen LogP contribution is 2.29. The van der Waals surface area contributed by atoms with E-state index in [9.17, 15) is 19.2 Å². The lowest BCUT2D eigenvalue weighted by Gasteiger charge is -2.31. The molecule has 1 heterocycles. The molecule has 7 nitrogen and oxygen atoms in total. The predicted molar refractivity (Wildman–Crippen MR) is 128 cm³/mol. The van der Waals surface area contributed by atoms with E-state index in [1.807, 2.05) is 4.90 Å². The summed E-state index contributed by atoms with van der Waals surface area (Å²) in [7, 11) is 0. The number of likely N-dealkylation sites (tertiary alicyclic amines) is 1. The molecule has 0 bridgehead atoms. The van der Waals surface area contributed by atoms with Crippen LogP contribution in [-0.2, 0) is 14.3 Å². The van der Waals surface area contributed by atoms with E-state index in [4.69, 9.17) is 9.47 Å². The number of esters is 2. The van der Waals surface area contributed by atoms with Gasteiger partial charge in [-0.2, -0.15) is 0 Å². The van der Waals surface area contributed by atoms with Crippen LogP contribution in [0.1, 0.15) is 59.2 Å². The molecule has 1 unspecified atom stereocenters. The van der Waals surface area contributed by atoms with Gasteiger partial charge in [0.05, 0.1) is 11.5 Å². The van der Waals surface area contributed by atoms with E-state index in [1.54, 1.807) is 24.3 Å². The van der Waals surface area contributed by atoms with Crippen molar-refractivity contribution in [2.24, 2.45) is 5.92 Å². The molecule has 1 saturated heterocycles. The molecule has 0 radical (unpaired) electrons. The van der Waals surface area contributed by atoms with Crippen LogP contribution in [0.15, 0.2) is 53.0 Å². The van der Waals surface area contributed by atoms with Gasteiger partial charge in [-0.05, 0) is 61.4 Å². The summed E-state index contributed by atoms with van der Waals surface area (Å²) >= 11 is 3.31. The molecule has 2 aromatic rings. The Morgan fingerprint density at radius 2 is 1.56 bits per heavy atom. The number of rotatable bonds is 7. The van der Waals surface area contributed by atoms with Gasteiger partial charge in [0.15, 0.2) is 12.4 Å². The molecule has 1 aliphatic carbocycles. The van der Waals surface area contributed by atoms with Gasteiger partial charge in [0.25, 0.3) is 0 Å². The number of amides is 1. The van der Waals surface area contributed by atoms with Crippen LogP contribution in [0.4, 0.5) is 0 Å². The van der Waals surface area contributed by atoms with Crippen molar-refractivity contribution in [3.63, 3.8) is 0 Å². The molecule has 178 valence electrons. The molecular formula is C26H26BrNO6. The third-order valence-electron chi connectivity index (χ3n) is 6.32. The fourth-order valence-corrected chi connectivity index (χ4v) is 4.70. The normalized spacial score (nSPS) is 18.6. The van der Waals surface area contributed by atoms with E-state index in [-0.39, 0.29) is 24.2 Å². The third kappa shape index (κ3) is 5.91. The molecule has 2 aromatic carbocycles. The van der Waals surface area contributed by atoms with Gasteiger partial charge in [-0.3, -0.25) is 14.4 Å². The molecule has 1 atom stereocenters. The zero-order valence-corrected chi connectivity index (χ0v) is 20.3. The minimum atomic E-state index is -0.525. The number of carbonyl (C=O) groups is 4. The highest BCUT2D eigenvalue weighted by Gasteiger charge is 2.39. The molecule has 4 rings (SSSR count). The first-order valence-corrected chi connectivity index (χ1v) is 12.3. The van der Waals surface area contributed by atoms with Gasteiger partial charge in [-0.25, -0.2) is 4.79 Å². The van der Waals surface area contributed by atoms with Crippen LogP contribution in [0.5, 0.6) is 5.75 Å². The molecule has 8 heteroatoms. The average molecular weight is 528 g/mol. The number of Topliss-reactive ketones (excluding diaryl/α,β-unsaturated/α-hetero) is 1. The minimum Gasteiger partial charge on any atom is -0.457 e. The molecular weight excluding hydrogens is 502 g/mol. The van der Waals surface area contributed by atoms with Crippen LogP contribution in [0.3, 0.4) is 0 Å². The second-order valence-corrected chi connectivity index (χ2v) is 9.61. The molecule has 2 aliphatic rings.